The molecule has 0 aliphatic heterocycles. The van der Waals surface area contributed by atoms with Gasteiger partial charge >= 0.3 is 6.09 Å². The summed E-state index contributed by atoms with van der Waals surface area (Å²) >= 11 is 0. The topological polar surface area (TPSA) is 119 Å². The van der Waals surface area contributed by atoms with Crippen molar-refractivity contribution in [1.82, 2.24) is 15.7 Å². The maximum Gasteiger partial charge on any atom is 0.408 e. The molecule has 1 unspecified atom stereocenters. The van der Waals surface area contributed by atoms with E-state index < -0.39 is 35.4 Å². The van der Waals surface area contributed by atoms with Gasteiger partial charge in [0.05, 0.1) is 5.92 Å². The Bertz CT molecular complexity index is 655. The zero-order valence-electron chi connectivity index (χ0n) is 16.4. The molecule has 0 aliphatic carbocycles. The summed E-state index contributed by atoms with van der Waals surface area (Å²) in [6, 6.07) is 7.54. The van der Waals surface area contributed by atoms with Gasteiger partial charge in [0.15, 0.2) is 0 Å². The lowest BCUT2D eigenvalue weighted by molar-refractivity contribution is -0.135. The Labute approximate surface area is 159 Å². The number of nitrogens with zero attached hydrogens (tertiary/aromatic N) is 1. The monoisotopic (exact) mass is 379 g/mol. The van der Waals surface area contributed by atoms with Gasteiger partial charge in [-0.2, -0.15) is 0 Å². The lowest BCUT2D eigenvalue weighted by Crippen LogP contribution is -2.53. The highest BCUT2D eigenvalue weighted by atomic mass is 16.5. The number of amides is 3. The zero-order chi connectivity index (χ0) is 20.8. The summed E-state index contributed by atoms with van der Waals surface area (Å²) < 4.78 is 0. The minimum Gasteiger partial charge on any atom is -0.465 e. The number of nitrogens with one attached hydrogen (secondary N) is 2. The van der Waals surface area contributed by atoms with Crippen molar-refractivity contribution in [3.05, 3.63) is 35.9 Å². The number of hydroxylamine groups is 1. The largest absolute Gasteiger partial charge is 0.465 e. The first-order valence-electron chi connectivity index (χ1n) is 8.79. The fraction of sp³-hybridized carbons (Fsp3) is 0.526. The zero-order valence-corrected chi connectivity index (χ0v) is 16.4. The number of hydrogen-bond acceptors (Lipinski definition) is 4. The van der Waals surface area contributed by atoms with E-state index in [-0.39, 0.29) is 12.5 Å². The van der Waals surface area contributed by atoms with Gasteiger partial charge in [0, 0.05) is 12.1 Å². The fourth-order valence-electron chi connectivity index (χ4n) is 2.86. The number of rotatable bonds is 7. The van der Waals surface area contributed by atoms with Crippen molar-refractivity contribution < 1.29 is 24.7 Å². The summed E-state index contributed by atoms with van der Waals surface area (Å²) in [6.07, 6.45) is -1.22. The Kier molecular flexibility index (Phi) is 7.78. The van der Waals surface area contributed by atoms with Crippen LogP contribution in [0.1, 0.15) is 46.2 Å². The summed E-state index contributed by atoms with van der Waals surface area (Å²) in [6.45, 7) is 8.68. The first-order valence-corrected chi connectivity index (χ1v) is 8.79. The molecule has 0 spiro atoms. The molecule has 0 saturated carbocycles. The molecule has 8 nitrogen and oxygen atoms in total. The molecule has 1 rings (SSSR count). The molecule has 1 aromatic rings. The highest BCUT2D eigenvalue weighted by Gasteiger charge is 2.38. The molecule has 2 atom stereocenters. The van der Waals surface area contributed by atoms with Crippen molar-refractivity contribution in [2.24, 2.45) is 11.8 Å². The van der Waals surface area contributed by atoms with Gasteiger partial charge in [-0.3, -0.25) is 19.7 Å². The van der Waals surface area contributed by atoms with Crippen molar-refractivity contribution >= 4 is 17.9 Å². The molecule has 27 heavy (non-hydrogen) atoms. The van der Waals surface area contributed by atoms with Gasteiger partial charge in [-0.05, 0) is 32.3 Å². The third kappa shape index (κ3) is 5.96. The Balaban J connectivity index is 3.18. The Hall–Kier alpha value is -2.61. The van der Waals surface area contributed by atoms with Crippen molar-refractivity contribution in [1.29, 1.82) is 0 Å². The van der Waals surface area contributed by atoms with E-state index in [9.17, 15) is 19.5 Å². The van der Waals surface area contributed by atoms with Gasteiger partial charge < -0.3 is 10.4 Å². The van der Waals surface area contributed by atoms with Gasteiger partial charge in [-0.25, -0.2) is 10.3 Å². The molecular formula is C19H29N3O5. The fourth-order valence-corrected chi connectivity index (χ4v) is 2.86. The normalized spacial score (nSPS) is 13.6. The number of benzene rings is 1. The van der Waals surface area contributed by atoms with Gasteiger partial charge in [0.2, 0.25) is 11.8 Å². The SMILES string of the molecule is CC(C)[C@H](CNC(=O)C(c1ccccc1)N(C(=O)O)C(C)(C)C)C(=O)NO. The van der Waals surface area contributed by atoms with Crippen LogP contribution in [0.5, 0.6) is 0 Å². The smallest absolute Gasteiger partial charge is 0.408 e. The van der Waals surface area contributed by atoms with Gasteiger partial charge in [0.25, 0.3) is 0 Å². The summed E-state index contributed by atoms with van der Waals surface area (Å²) in [4.78, 5) is 37.8. The molecular weight excluding hydrogens is 350 g/mol. The van der Waals surface area contributed by atoms with Crippen molar-refractivity contribution in [2.75, 3.05) is 6.54 Å². The Morgan fingerprint density at radius 2 is 1.63 bits per heavy atom. The van der Waals surface area contributed by atoms with Crippen LogP contribution in [-0.4, -0.2) is 45.2 Å². The first-order chi connectivity index (χ1) is 12.5. The molecule has 0 fully saturated rings. The molecule has 1 aromatic carbocycles. The number of carbonyl (C=O) groups excluding carboxylic acids is 2. The second-order valence-corrected chi connectivity index (χ2v) is 7.71. The molecule has 0 heterocycles. The van der Waals surface area contributed by atoms with Gasteiger partial charge in [-0.15, -0.1) is 0 Å². The summed E-state index contributed by atoms with van der Waals surface area (Å²) in [5.41, 5.74) is 1.30. The van der Waals surface area contributed by atoms with E-state index in [0.29, 0.717) is 5.56 Å². The van der Waals surface area contributed by atoms with Crippen LogP contribution < -0.4 is 10.8 Å². The summed E-state index contributed by atoms with van der Waals surface area (Å²) in [5.74, 6) is -1.92. The average molecular weight is 379 g/mol. The lowest BCUT2D eigenvalue weighted by atomic mass is 9.94. The highest BCUT2D eigenvalue weighted by molar-refractivity contribution is 5.87. The van der Waals surface area contributed by atoms with E-state index in [1.807, 2.05) is 0 Å². The van der Waals surface area contributed by atoms with E-state index in [1.54, 1.807) is 70.4 Å². The third-order valence-corrected chi connectivity index (χ3v) is 4.30. The minimum atomic E-state index is -1.22. The molecule has 0 radical (unpaired) electrons. The predicted octanol–water partition coefficient (Wildman–Crippen LogP) is 2.40. The van der Waals surface area contributed by atoms with Crippen LogP contribution in [0.15, 0.2) is 30.3 Å². The number of carboxylic acid groups (broad SMARTS) is 1. The Morgan fingerprint density at radius 3 is 2.04 bits per heavy atom. The highest BCUT2D eigenvalue weighted by Crippen LogP contribution is 2.29. The predicted molar refractivity (Wildman–Crippen MR) is 100 cm³/mol. The van der Waals surface area contributed by atoms with Crippen LogP contribution >= 0.6 is 0 Å². The summed E-state index contributed by atoms with van der Waals surface area (Å²) in [7, 11) is 0. The van der Waals surface area contributed by atoms with Crippen LogP contribution in [0.3, 0.4) is 0 Å². The van der Waals surface area contributed by atoms with Crippen molar-refractivity contribution in [3.8, 4) is 0 Å². The molecule has 3 amide bonds. The van der Waals surface area contributed by atoms with Crippen LogP contribution in [0.4, 0.5) is 4.79 Å². The standard InChI is InChI=1S/C19H29N3O5/c1-12(2)14(16(23)21-27)11-20-17(24)15(13-9-7-6-8-10-13)22(18(25)26)19(3,4)5/h6-10,12,14-15,27H,11H2,1-5H3,(H,20,24)(H,21,23)(H,25,26)/t14-,15?/m0/s1. The molecule has 0 saturated heterocycles. The van der Waals surface area contributed by atoms with Gasteiger partial charge in [0.1, 0.15) is 6.04 Å². The lowest BCUT2D eigenvalue weighted by Gasteiger charge is -2.39. The summed E-state index contributed by atoms with van der Waals surface area (Å²) in [5, 5.41) is 21.3. The van der Waals surface area contributed by atoms with Gasteiger partial charge in [-0.1, -0.05) is 44.2 Å². The number of hydrogen-bond donors (Lipinski definition) is 4. The quantitative estimate of drug-likeness (QED) is 0.428. The van der Waals surface area contributed by atoms with Crippen LogP contribution in [0, 0.1) is 11.8 Å². The Morgan fingerprint density at radius 1 is 1.07 bits per heavy atom. The average Bonchev–Trinajstić information content (AvgIpc) is 2.58. The van der Waals surface area contributed by atoms with E-state index in [0.717, 1.165) is 4.90 Å². The molecule has 0 aliphatic rings. The van der Waals surface area contributed by atoms with Crippen molar-refractivity contribution in [3.63, 3.8) is 0 Å². The third-order valence-electron chi connectivity index (χ3n) is 4.30. The first kappa shape index (κ1) is 22.4. The molecule has 0 aromatic heterocycles. The van der Waals surface area contributed by atoms with E-state index in [1.165, 1.54) is 0 Å². The molecule has 4 N–H and O–H groups in total. The number of carbonyl (C=O) groups is 3. The minimum absolute atomic E-state index is 0.0240. The molecule has 8 heteroatoms. The molecule has 150 valence electrons. The maximum absolute atomic E-state index is 13.0. The van der Waals surface area contributed by atoms with Crippen LogP contribution in [0.2, 0.25) is 0 Å². The second kappa shape index (κ2) is 9.36. The molecule has 0 bridgehead atoms. The van der Waals surface area contributed by atoms with Crippen LogP contribution in [-0.2, 0) is 9.59 Å². The van der Waals surface area contributed by atoms with E-state index in [4.69, 9.17) is 5.21 Å². The maximum atomic E-state index is 13.0. The second-order valence-electron chi connectivity index (χ2n) is 7.71. The van der Waals surface area contributed by atoms with Crippen molar-refractivity contribution in [2.45, 2.75) is 46.2 Å². The van der Waals surface area contributed by atoms with Crippen LogP contribution in [0.25, 0.3) is 0 Å². The van der Waals surface area contributed by atoms with E-state index in [2.05, 4.69) is 5.32 Å². The van der Waals surface area contributed by atoms with E-state index >= 15 is 0 Å².